The van der Waals surface area contributed by atoms with Crippen LogP contribution in [0.2, 0.25) is 0 Å². The molecule has 0 aliphatic heterocycles. The second-order valence-corrected chi connectivity index (χ2v) is 33.9. The van der Waals surface area contributed by atoms with Crippen molar-refractivity contribution in [3.8, 4) is 23.0 Å². The summed E-state index contributed by atoms with van der Waals surface area (Å²) < 4.78 is 29.6. The monoisotopic (exact) mass is 1450 g/mol. The zero-order chi connectivity index (χ0) is 76.6. The first-order valence-corrected chi connectivity index (χ1v) is 40.2. The van der Waals surface area contributed by atoms with Gasteiger partial charge in [-0.05, 0) is 218 Å². The van der Waals surface area contributed by atoms with Crippen LogP contribution in [-0.2, 0) is 66.5 Å². The summed E-state index contributed by atoms with van der Waals surface area (Å²) in [6.07, 6.45) is 20.1. The number of carboxylic acid groups (broad SMARTS) is 4. The third-order valence-corrected chi connectivity index (χ3v) is 20.2. The minimum absolute atomic E-state index is 0.00436. The van der Waals surface area contributed by atoms with Gasteiger partial charge in [-0.15, -0.1) is 0 Å². The van der Waals surface area contributed by atoms with Crippen LogP contribution in [0.3, 0.4) is 0 Å². The van der Waals surface area contributed by atoms with Crippen LogP contribution >= 0.6 is 0 Å². The lowest BCUT2D eigenvalue weighted by Gasteiger charge is -2.29. The number of ether oxygens (including phenoxy) is 4. The van der Waals surface area contributed by atoms with Crippen molar-refractivity contribution in [3.63, 3.8) is 0 Å². The number of rotatable bonds is 48. The molecule has 0 amide bonds. The fourth-order valence-electron chi connectivity index (χ4n) is 14.0. The zero-order valence-corrected chi connectivity index (χ0v) is 67.7. The Morgan fingerprint density at radius 3 is 0.567 bits per heavy atom. The Balaban J connectivity index is 1.87. The molecule has 104 heavy (non-hydrogen) atoms. The number of hydrogen-bond donors (Lipinski definition) is 4. The molecule has 16 heteroatoms. The predicted octanol–water partition coefficient (Wildman–Crippen LogP) is 18.5. The van der Waals surface area contributed by atoms with Crippen LogP contribution < -0.4 is 18.9 Å². The molecule has 0 unspecified atom stereocenters. The summed E-state index contributed by atoms with van der Waals surface area (Å²) in [6.45, 7) is 43.2. The quantitative estimate of drug-likeness (QED) is 0.0268. The summed E-state index contributed by atoms with van der Waals surface area (Å²) in [6, 6.07) is 18.8. The van der Waals surface area contributed by atoms with Crippen LogP contribution in [-0.4, -0.2) is 169 Å². The zero-order valence-electron chi connectivity index (χ0n) is 67.7. The molecule has 0 radical (unpaired) electrons. The van der Waals surface area contributed by atoms with E-state index < -0.39 is 23.9 Å². The number of fused-ring (bicyclic) bond motifs is 8. The van der Waals surface area contributed by atoms with Crippen molar-refractivity contribution in [2.45, 2.75) is 287 Å². The molecular weight excluding hydrogens is 1300 g/mol. The van der Waals surface area contributed by atoms with E-state index in [0.717, 1.165) is 196 Å². The van der Waals surface area contributed by atoms with Gasteiger partial charge in [0, 0.05) is 25.7 Å². The van der Waals surface area contributed by atoms with E-state index >= 15 is 0 Å². The number of hydrogen-bond acceptors (Lipinski definition) is 12. The summed E-state index contributed by atoms with van der Waals surface area (Å²) in [5.41, 5.74) is 11.9. The highest BCUT2D eigenvalue weighted by molar-refractivity contribution is 5.70. The average molecular weight is 1450 g/mol. The number of carbonyl (C=O) groups is 4. The highest BCUT2D eigenvalue weighted by atomic mass is 16.5. The molecule has 16 nitrogen and oxygen atoms in total. The van der Waals surface area contributed by atoms with Crippen molar-refractivity contribution < 1.29 is 58.6 Å². The lowest BCUT2D eigenvalue weighted by atomic mass is 9.79. The molecule has 5 rings (SSSR count). The lowest BCUT2D eigenvalue weighted by Crippen LogP contribution is -2.31. The van der Waals surface area contributed by atoms with E-state index in [-0.39, 0.29) is 47.8 Å². The molecule has 1 aliphatic carbocycles. The van der Waals surface area contributed by atoms with Crippen LogP contribution in [0, 0.1) is 0 Å². The first-order chi connectivity index (χ1) is 49.2. The largest absolute Gasteiger partial charge is 0.493 e. The standard InChI is InChI=1S/C88H140N4O12/c1-17-21-25-37-89(61-77(93)94)41-29-33-45-101-81-65-49-67-55-74(86(8,9)10)57-69(82(67)102-46-34-30-42-90(62-78(95)96)38-26-22-18-2)51-71-59-76(88(14,15)16)60-72(84(71)104-48-36-32-44-92(64-80(99)100)40-28-24-20-4)52-70-58-75(87(11,12)13)56-68(50-66(81)54-73(53-65)85(5,6)7)83(70)103-47-35-31-43-91(63-79(97)98)39-27-23-19-3/h53-60H,17-52,61-64H2,1-16H3,(H,93,94)(H,95,96)(H,97,98)(H,99,100). The Bertz CT molecular complexity index is 2750. The molecule has 8 bridgehead atoms. The van der Waals surface area contributed by atoms with E-state index in [4.69, 9.17) is 18.9 Å². The number of nitrogens with zero attached hydrogens (tertiary/aromatic N) is 4. The normalized spacial score (nSPS) is 13.0. The number of aliphatic carboxylic acids is 4. The Labute approximate surface area is 628 Å². The minimum Gasteiger partial charge on any atom is -0.493 e. The topological polar surface area (TPSA) is 199 Å². The minimum atomic E-state index is -0.819. The number of carboxylic acids is 4. The molecular formula is C88H140N4O12. The van der Waals surface area contributed by atoms with Crippen molar-refractivity contribution >= 4 is 23.9 Å². The van der Waals surface area contributed by atoms with Gasteiger partial charge >= 0.3 is 23.9 Å². The molecule has 0 atom stereocenters. The molecule has 0 saturated heterocycles. The molecule has 0 heterocycles. The Morgan fingerprint density at radius 1 is 0.279 bits per heavy atom. The van der Waals surface area contributed by atoms with E-state index in [1.165, 1.54) is 22.3 Å². The molecule has 1 aliphatic rings. The number of benzene rings is 4. The lowest BCUT2D eigenvalue weighted by molar-refractivity contribution is -0.139. The molecule has 4 aromatic carbocycles. The van der Waals surface area contributed by atoms with Crippen molar-refractivity contribution in [1.29, 1.82) is 0 Å². The van der Waals surface area contributed by atoms with E-state index in [2.05, 4.69) is 179 Å². The fraction of sp³-hybridized carbons (Fsp3) is 0.682. The highest BCUT2D eigenvalue weighted by Gasteiger charge is 2.31. The molecule has 0 aromatic heterocycles. The van der Waals surface area contributed by atoms with Crippen LogP contribution in [0.15, 0.2) is 48.5 Å². The number of unbranched alkanes of at least 4 members (excludes halogenated alkanes) is 12. The summed E-state index contributed by atoms with van der Waals surface area (Å²) >= 11 is 0. The predicted molar refractivity (Wildman–Crippen MR) is 425 cm³/mol. The van der Waals surface area contributed by atoms with Gasteiger partial charge in [0.2, 0.25) is 0 Å². The first kappa shape index (κ1) is 88.4. The van der Waals surface area contributed by atoms with Gasteiger partial charge in [-0.2, -0.15) is 0 Å². The van der Waals surface area contributed by atoms with Crippen LogP contribution in [0.25, 0.3) is 0 Å². The van der Waals surface area contributed by atoms with Gasteiger partial charge in [0.05, 0.1) is 52.6 Å². The van der Waals surface area contributed by atoms with E-state index in [1.54, 1.807) is 0 Å². The van der Waals surface area contributed by atoms with Crippen molar-refractivity contribution in [2.24, 2.45) is 0 Å². The molecule has 584 valence electrons. The van der Waals surface area contributed by atoms with Crippen LogP contribution in [0.4, 0.5) is 0 Å². The Kier molecular flexibility index (Phi) is 37.6. The van der Waals surface area contributed by atoms with E-state index in [9.17, 15) is 39.6 Å². The van der Waals surface area contributed by atoms with Gasteiger partial charge in [-0.25, -0.2) is 0 Å². The van der Waals surface area contributed by atoms with Gasteiger partial charge < -0.3 is 39.4 Å². The Hall–Kier alpha value is -6.20. The third kappa shape index (κ3) is 31.3. The van der Waals surface area contributed by atoms with Crippen molar-refractivity contribution in [2.75, 3.05) is 105 Å². The SMILES string of the molecule is CCCCCN(CCCCOc1c2cc(C(C)(C)C)cc1Cc1cc(C(C)(C)C)cc(c1OCCCCN(CCCCC)CC(=O)O)Cc1cc(C(C)(C)C)cc(c1OCCCCN(CCCCC)CC(=O)O)Cc1cc(C(C)(C)C)cc(c1OCCCCN(CCCCC)CC(=O)O)C2)CC(=O)O. The molecule has 0 spiro atoms. The summed E-state index contributed by atoms with van der Waals surface area (Å²) in [4.78, 5) is 56.9. The maximum atomic E-state index is 12.1. The average Bonchev–Trinajstić information content (AvgIpc) is 0.761. The van der Waals surface area contributed by atoms with Crippen LogP contribution in [0.5, 0.6) is 23.0 Å². The van der Waals surface area contributed by atoms with Gasteiger partial charge in [-0.3, -0.25) is 38.8 Å². The molecule has 0 saturated carbocycles. The van der Waals surface area contributed by atoms with Gasteiger partial charge in [0.15, 0.2) is 0 Å². The van der Waals surface area contributed by atoms with E-state index in [0.29, 0.717) is 104 Å². The van der Waals surface area contributed by atoms with Gasteiger partial charge in [0.1, 0.15) is 23.0 Å². The van der Waals surface area contributed by atoms with Crippen molar-refractivity contribution in [3.05, 3.63) is 115 Å². The fourth-order valence-corrected chi connectivity index (χ4v) is 14.0. The summed E-state index contributed by atoms with van der Waals surface area (Å²) in [7, 11) is 0. The van der Waals surface area contributed by atoms with Gasteiger partial charge in [-0.1, -0.05) is 211 Å². The van der Waals surface area contributed by atoms with E-state index in [1.807, 2.05) is 0 Å². The third-order valence-electron chi connectivity index (χ3n) is 20.2. The Morgan fingerprint density at radius 2 is 0.433 bits per heavy atom. The molecule has 0 fully saturated rings. The maximum Gasteiger partial charge on any atom is 0.317 e. The highest BCUT2D eigenvalue weighted by Crippen LogP contribution is 2.45. The second kappa shape index (κ2) is 44.2. The maximum absolute atomic E-state index is 12.1. The van der Waals surface area contributed by atoms with Gasteiger partial charge in [0.25, 0.3) is 0 Å². The van der Waals surface area contributed by atoms with Crippen molar-refractivity contribution in [1.82, 2.24) is 19.6 Å². The molecule has 4 N–H and O–H groups in total. The van der Waals surface area contributed by atoms with Crippen LogP contribution in [0.1, 0.15) is 306 Å². The summed E-state index contributed by atoms with van der Waals surface area (Å²) in [5, 5.41) is 39.9. The second-order valence-electron chi connectivity index (χ2n) is 33.9. The first-order valence-electron chi connectivity index (χ1n) is 40.2. The summed E-state index contributed by atoms with van der Waals surface area (Å²) in [5.74, 6) is 0.0171. The molecule has 4 aromatic rings. The smallest absolute Gasteiger partial charge is 0.317 e.